The number of carbonyl (C=O) groups excluding carboxylic acids is 1. The van der Waals surface area contributed by atoms with Crippen LogP contribution in [0.2, 0.25) is 10.1 Å². The Kier molecular flexibility index (Phi) is 12.6. The number of aliphatic hydroxyl groups is 1. The largest absolute Gasteiger partial charge is 0.506 e. The van der Waals surface area contributed by atoms with Gasteiger partial charge in [0.05, 0.1) is 43.1 Å². The van der Waals surface area contributed by atoms with Crippen molar-refractivity contribution in [2.45, 2.75) is 78.5 Å². The molecule has 230 valence electrons. The summed E-state index contributed by atoms with van der Waals surface area (Å²) < 4.78 is 37.4. The van der Waals surface area contributed by atoms with Crippen molar-refractivity contribution in [1.29, 1.82) is 0 Å². The molecule has 0 amide bonds. The molecule has 0 spiro atoms. The van der Waals surface area contributed by atoms with E-state index in [1.54, 1.807) is 31.2 Å². The van der Waals surface area contributed by atoms with Crippen LogP contribution in [0, 0.1) is 11.7 Å². The highest BCUT2D eigenvalue weighted by atomic mass is 35.5. The van der Waals surface area contributed by atoms with E-state index in [9.17, 15) is 14.3 Å². The number of methoxy groups -OCH3 is 2. The maximum atomic E-state index is 14.8. The predicted octanol–water partition coefficient (Wildman–Crippen LogP) is 7.65. The lowest BCUT2D eigenvalue weighted by Gasteiger charge is -2.36. The zero-order valence-corrected chi connectivity index (χ0v) is 28.0. The van der Waals surface area contributed by atoms with E-state index in [1.165, 1.54) is 26.5 Å². The Balaban J connectivity index is 2.69. The highest BCUT2D eigenvalue weighted by Crippen LogP contribution is 2.36. The van der Waals surface area contributed by atoms with Crippen LogP contribution in [-0.4, -0.2) is 59.5 Å². The van der Waals surface area contributed by atoms with E-state index < -0.39 is 23.1 Å². The molecular weight excluding hydrogens is 577 g/mol. The average Bonchev–Trinajstić information content (AvgIpc) is 2.91. The molecule has 2 aromatic carbocycles. The molecule has 0 unspecified atom stereocenters. The first-order chi connectivity index (χ1) is 19.6. The van der Waals surface area contributed by atoms with E-state index in [1.807, 2.05) is 27.7 Å². The molecule has 10 heteroatoms. The van der Waals surface area contributed by atoms with Crippen molar-refractivity contribution >= 4 is 39.3 Å². The molecule has 2 radical (unpaired) electrons. The van der Waals surface area contributed by atoms with E-state index >= 15 is 0 Å². The fourth-order valence-electron chi connectivity index (χ4n) is 4.40. The number of ether oxygens (including phenoxy) is 3. The van der Waals surface area contributed by atoms with E-state index in [4.69, 9.17) is 35.2 Å². The molecule has 0 fully saturated rings. The standard InChI is InChI=1S/C32H43ClFNO6Si/c1-11-40-30(37)23(18-35-29(19(2)3)32(7,8)41-42-31(4,5)6)28(36)22-16-21(25(38-9)17-26(22)39-10)15-20-13-12-14-24(33)27(20)34/h12-14,16-19,29,36H,11,15H2,1-10H3/t29-/m0/s1. The third-order valence-electron chi connectivity index (χ3n) is 6.35. The summed E-state index contributed by atoms with van der Waals surface area (Å²) in [5, 5.41) is 11.5. The van der Waals surface area contributed by atoms with Crippen molar-refractivity contribution in [2.75, 3.05) is 20.8 Å². The van der Waals surface area contributed by atoms with Crippen molar-refractivity contribution in [1.82, 2.24) is 0 Å². The van der Waals surface area contributed by atoms with Crippen molar-refractivity contribution in [3.05, 3.63) is 63.4 Å². The number of aliphatic imine (C=N–C) groups is 1. The number of rotatable bonds is 13. The maximum Gasteiger partial charge on any atom is 0.343 e. The second-order valence-electron chi connectivity index (χ2n) is 11.8. The van der Waals surface area contributed by atoms with Crippen LogP contribution in [0.1, 0.15) is 72.1 Å². The minimum absolute atomic E-state index is 0.00148. The highest BCUT2D eigenvalue weighted by molar-refractivity contribution is 6.32. The molecule has 7 nitrogen and oxygen atoms in total. The number of nitrogens with zero attached hydrogens (tertiary/aromatic N) is 1. The molecule has 0 saturated heterocycles. The second-order valence-corrected chi connectivity index (χ2v) is 14.1. The fourth-order valence-corrected chi connectivity index (χ4v) is 5.28. The molecule has 0 saturated carbocycles. The average molecular weight is 620 g/mol. The van der Waals surface area contributed by atoms with Gasteiger partial charge in [0.15, 0.2) is 0 Å². The monoisotopic (exact) mass is 619 g/mol. The number of esters is 1. The lowest BCUT2D eigenvalue weighted by Crippen LogP contribution is -2.43. The van der Waals surface area contributed by atoms with Crippen LogP contribution >= 0.6 is 11.6 Å². The minimum atomic E-state index is -0.753. The van der Waals surface area contributed by atoms with Crippen molar-refractivity contribution in [2.24, 2.45) is 10.9 Å². The maximum absolute atomic E-state index is 14.8. The van der Waals surface area contributed by atoms with Gasteiger partial charge < -0.3 is 23.7 Å². The normalized spacial score (nSPS) is 13.7. The van der Waals surface area contributed by atoms with Crippen LogP contribution in [-0.2, 0) is 20.4 Å². The van der Waals surface area contributed by atoms with Crippen LogP contribution in [0.5, 0.6) is 11.5 Å². The van der Waals surface area contributed by atoms with E-state index in [2.05, 4.69) is 20.8 Å². The molecule has 2 rings (SSSR count). The SMILES string of the molecule is CCOC(=O)C(C=N[C@@H](C(C)C)C(C)(C)O[Si]C(C)(C)C)=C(O)c1cc(Cc2cccc(Cl)c2F)c(OC)cc1OC. The van der Waals surface area contributed by atoms with Gasteiger partial charge in [-0.15, -0.1) is 0 Å². The predicted molar refractivity (Wildman–Crippen MR) is 168 cm³/mol. The van der Waals surface area contributed by atoms with Gasteiger partial charge >= 0.3 is 5.97 Å². The van der Waals surface area contributed by atoms with Crippen molar-refractivity contribution in [3.8, 4) is 11.5 Å². The Morgan fingerprint density at radius 2 is 1.74 bits per heavy atom. The first kappa shape index (κ1) is 35.3. The van der Waals surface area contributed by atoms with Gasteiger partial charge in [-0.05, 0) is 55.0 Å². The van der Waals surface area contributed by atoms with Crippen molar-refractivity contribution in [3.63, 3.8) is 0 Å². The summed E-state index contributed by atoms with van der Waals surface area (Å²) in [5.74, 6) is -0.993. The van der Waals surface area contributed by atoms with Gasteiger partial charge in [-0.3, -0.25) is 4.99 Å². The molecule has 2 aromatic rings. The number of aliphatic hydroxyl groups excluding tert-OH is 1. The lowest BCUT2D eigenvalue weighted by atomic mass is 9.90. The molecular formula is C32H43ClFNO6Si. The summed E-state index contributed by atoms with van der Waals surface area (Å²) in [6, 6.07) is 7.57. The lowest BCUT2D eigenvalue weighted by molar-refractivity contribution is -0.137. The molecule has 0 heterocycles. The Labute approximate surface area is 257 Å². The number of carbonyl (C=O) groups is 1. The smallest absolute Gasteiger partial charge is 0.343 e. The van der Waals surface area contributed by atoms with Gasteiger partial charge in [-0.1, -0.05) is 58.4 Å². The zero-order valence-electron chi connectivity index (χ0n) is 26.2. The Morgan fingerprint density at radius 1 is 1.10 bits per heavy atom. The molecule has 0 aliphatic rings. The van der Waals surface area contributed by atoms with Gasteiger partial charge in [0.1, 0.15) is 28.6 Å². The summed E-state index contributed by atoms with van der Waals surface area (Å²) in [4.78, 5) is 17.9. The second kappa shape index (κ2) is 15.0. The first-order valence-electron chi connectivity index (χ1n) is 13.8. The quantitative estimate of drug-likeness (QED) is 0.0815. The van der Waals surface area contributed by atoms with Crippen LogP contribution in [0.25, 0.3) is 5.76 Å². The van der Waals surface area contributed by atoms with E-state index in [0.717, 1.165) is 0 Å². The molecule has 0 aromatic heterocycles. The van der Waals surface area contributed by atoms with Gasteiger partial charge in [-0.2, -0.15) is 0 Å². The van der Waals surface area contributed by atoms with Gasteiger partial charge in [0, 0.05) is 18.7 Å². The van der Waals surface area contributed by atoms with Gasteiger partial charge in [-0.25, -0.2) is 9.18 Å². The number of hydrogen-bond donors (Lipinski definition) is 1. The molecule has 0 aliphatic heterocycles. The fraction of sp³-hybridized carbons (Fsp3) is 0.500. The van der Waals surface area contributed by atoms with Crippen molar-refractivity contribution < 1.29 is 32.9 Å². The molecule has 0 bridgehead atoms. The number of benzene rings is 2. The Hall–Kier alpha value is -2.88. The van der Waals surface area contributed by atoms with Crippen LogP contribution < -0.4 is 9.47 Å². The number of hydrogen-bond acceptors (Lipinski definition) is 7. The van der Waals surface area contributed by atoms with E-state index in [0.29, 0.717) is 16.9 Å². The van der Waals surface area contributed by atoms with Gasteiger partial charge in [0.25, 0.3) is 0 Å². The van der Waals surface area contributed by atoms with Crippen LogP contribution in [0.15, 0.2) is 40.9 Å². The molecule has 1 N–H and O–H groups in total. The van der Waals surface area contributed by atoms with Gasteiger partial charge in [0.2, 0.25) is 9.76 Å². The summed E-state index contributed by atoms with van der Waals surface area (Å²) >= 11 is 6.00. The first-order valence-corrected chi connectivity index (χ1v) is 15.1. The van der Waals surface area contributed by atoms with Crippen LogP contribution in [0.3, 0.4) is 0 Å². The third-order valence-corrected chi connectivity index (χ3v) is 7.88. The minimum Gasteiger partial charge on any atom is -0.506 e. The summed E-state index contributed by atoms with van der Waals surface area (Å²) in [6.07, 6.45) is 1.45. The molecule has 42 heavy (non-hydrogen) atoms. The summed E-state index contributed by atoms with van der Waals surface area (Å²) in [6.45, 7) is 16.1. The molecule has 1 atom stereocenters. The number of halogens is 2. The Morgan fingerprint density at radius 3 is 2.29 bits per heavy atom. The Bertz CT molecular complexity index is 1300. The summed E-state index contributed by atoms with van der Waals surface area (Å²) in [7, 11) is 3.15. The highest BCUT2D eigenvalue weighted by Gasteiger charge is 2.34. The topological polar surface area (TPSA) is 86.6 Å². The molecule has 0 aliphatic carbocycles. The summed E-state index contributed by atoms with van der Waals surface area (Å²) in [5.41, 5.74) is 0.262. The zero-order chi connectivity index (χ0) is 31.8. The van der Waals surface area contributed by atoms with E-state index in [-0.39, 0.29) is 61.7 Å². The van der Waals surface area contributed by atoms with Crippen LogP contribution in [0.4, 0.5) is 4.39 Å². The third kappa shape index (κ3) is 9.31.